The smallest absolute Gasteiger partial charge is 0.333 e. The second kappa shape index (κ2) is 4.03. The first-order valence-corrected chi connectivity index (χ1v) is 5.19. The monoisotopic (exact) mass is 206 g/mol. The Kier molecular flexibility index (Phi) is 2.73. The minimum absolute atomic E-state index is 0.243. The third kappa shape index (κ3) is 1.88. The Morgan fingerprint density at radius 1 is 1.40 bits per heavy atom. The maximum absolute atomic E-state index is 10.8. The number of carbonyl (C=O) groups is 1. The summed E-state index contributed by atoms with van der Waals surface area (Å²) in [7, 11) is 0. The minimum Gasteiger partial charge on any atom is -0.479 e. The highest BCUT2D eigenvalue weighted by Crippen LogP contribution is 2.33. The molecule has 3 heteroatoms. The molecule has 1 aromatic carbocycles. The highest BCUT2D eigenvalue weighted by Gasteiger charge is 2.30. The first-order valence-electron chi connectivity index (χ1n) is 5.19. The zero-order valence-corrected chi connectivity index (χ0v) is 8.39. The number of aliphatic hydroxyl groups excluding tert-OH is 1. The Labute approximate surface area is 88.4 Å². The van der Waals surface area contributed by atoms with E-state index in [1.54, 1.807) is 0 Å². The number of benzene rings is 1. The van der Waals surface area contributed by atoms with E-state index in [1.165, 1.54) is 5.56 Å². The van der Waals surface area contributed by atoms with Gasteiger partial charge in [0.1, 0.15) is 0 Å². The van der Waals surface area contributed by atoms with Crippen LogP contribution in [0.1, 0.15) is 29.9 Å². The van der Waals surface area contributed by atoms with Crippen LogP contribution in [0.15, 0.2) is 24.3 Å². The number of aryl methyl sites for hydroxylation is 1. The molecule has 15 heavy (non-hydrogen) atoms. The van der Waals surface area contributed by atoms with Gasteiger partial charge in [-0.1, -0.05) is 24.3 Å². The summed E-state index contributed by atoms with van der Waals surface area (Å²) >= 11 is 0. The molecule has 0 aliphatic heterocycles. The molecule has 3 nitrogen and oxygen atoms in total. The molecule has 2 atom stereocenters. The van der Waals surface area contributed by atoms with E-state index in [1.807, 2.05) is 24.3 Å². The van der Waals surface area contributed by atoms with E-state index < -0.39 is 12.1 Å². The van der Waals surface area contributed by atoms with Gasteiger partial charge >= 0.3 is 5.97 Å². The topological polar surface area (TPSA) is 57.5 Å². The lowest BCUT2D eigenvalue weighted by Crippen LogP contribution is -2.30. The first-order chi connectivity index (χ1) is 7.20. The summed E-state index contributed by atoms with van der Waals surface area (Å²) in [5.41, 5.74) is 2.17. The largest absolute Gasteiger partial charge is 0.479 e. The normalized spacial score (nSPS) is 21.8. The molecule has 80 valence electrons. The quantitative estimate of drug-likeness (QED) is 0.771. The fourth-order valence-corrected chi connectivity index (χ4v) is 2.29. The number of carboxylic acid groups (broad SMARTS) is 1. The molecule has 0 heterocycles. The van der Waals surface area contributed by atoms with Crippen molar-refractivity contribution < 1.29 is 15.0 Å². The van der Waals surface area contributed by atoms with Gasteiger partial charge in [-0.15, -0.1) is 0 Å². The van der Waals surface area contributed by atoms with Crippen LogP contribution >= 0.6 is 0 Å². The number of hydrogen-bond donors (Lipinski definition) is 2. The van der Waals surface area contributed by atoms with Crippen molar-refractivity contribution in [3.63, 3.8) is 0 Å². The number of rotatable bonds is 2. The van der Waals surface area contributed by atoms with Crippen LogP contribution in [0.2, 0.25) is 0 Å². The van der Waals surface area contributed by atoms with Gasteiger partial charge in [0.05, 0.1) is 0 Å². The molecule has 0 spiro atoms. The maximum Gasteiger partial charge on any atom is 0.333 e. The van der Waals surface area contributed by atoms with E-state index in [2.05, 4.69) is 0 Å². The first kappa shape index (κ1) is 10.2. The number of aliphatic carboxylic acids is 1. The van der Waals surface area contributed by atoms with Gasteiger partial charge in [0.15, 0.2) is 6.10 Å². The molecular weight excluding hydrogens is 192 g/mol. The molecule has 0 saturated heterocycles. The average Bonchev–Trinajstić information content (AvgIpc) is 2.27. The summed E-state index contributed by atoms with van der Waals surface area (Å²) in [5, 5.41) is 18.4. The number of aliphatic hydroxyl groups is 1. The predicted octanol–water partition coefficient (Wildman–Crippen LogP) is 1.55. The van der Waals surface area contributed by atoms with E-state index >= 15 is 0 Å². The third-order valence-corrected chi connectivity index (χ3v) is 3.05. The molecule has 1 aliphatic carbocycles. The van der Waals surface area contributed by atoms with Crippen molar-refractivity contribution in [2.75, 3.05) is 0 Å². The van der Waals surface area contributed by atoms with Crippen LogP contribution in [0.5, 0.6) is 0 Å². The molecule has 1 aromatic rings. The molecule has 0 radical (unpaired) electrons. The number of carboxylic acids is 1. The van der Waals surface area contributed by atoms with Crippen molar-refractivity contribution in [2.24, 2.45) is 0 Å². The molecule has 2 N–H and O–H groups in total. The van der Waals surface area contributed by atoms with Gasteiger partial charge in [-0.3, -0.25) is 0 Å². The van der Waals surface area contributed by atoms with E-state index in [4.69, 9.17) is 5.11 Å². The van der Waals surface area contributed by atoms with Crippen LogP contribution < -0.4 is 0 Å². The molecule has 0 amide bonds. The standard InChI is InChI=1S/C12H14O3/c13-11(12(14)15)10-7-3-5-8-4-1-2-6-9(8)10/h1-2,4,6,10-11,13H,3,5,7H2,(H,14,15). The van der Waals surface area contributed by atoms with Gasteiger partial charge in [-0.05, 0) is 30.4 Å². The lowest BCUT2D eigenvalue weighted by atomic mass is 9.80. The molecule has 1 aliphatic rings. The average molecular weight is 206 g/mol. The second-order valence-corrected chi connectivity index (χ2v) is 3.98. The third-order valence-electron chi connectivity index (χ3n) is 3.05. The molecule has 0 bridgehead atoms. The number of fused-ring (bicyclic) bond motifs is 1. The van der Waals surface area contributed by atoms with Crippen molar-refractivity contribution >= 4 is 5.97 Å². The SMILES string of the molecule is O=C(O)C(O)C1CCCc2ccccc21. The summed E-state index contributed by atoms with van der Waals surface area (Å²) in [6.07, 6.45) is 1.42. The summed E-state index contributed by atoms with van der Waals surface area (Å²) in [4.78, 5) is 10.8. The molecule has 2 unspecified atom stereocenters. The van der Waals surface area contributed by atoms with Crippen LogP contribution in [0.3, 0.4) is 0 Å². The molecule has 0 fully saturated rings. The molecule has 0 saturated carbocycles. The maximum atomic E-state index is 10.8. The van der Waals surface area contributed by atoms with Gasteiger partial charge in [-0.2, -0.15) is 0 Å². The van der Waals surface area contributed by atoms with Crippen LogP contribution in [0.25, 0.3) is 0 Å². The van der Waals surface area contributed by atoms with Gasteiger partial charge in [0.2, 0.25) is 0 Å². The highest BCUT2D eigenvalue weighted by molar-refractivity contribution is 5.73. The van der Waals surface area contributed by atoms with E-state index in [-0.39, 0.29) is 5.92 Å². The van der Waals surface area contributed by atoms with E-state index in [0.29, 0.717) is 0 Å². The van der Waals surface area contributed by atoms with Crippen molar-refractivity contribution in [2.45, 2.75) is 31.3 Å². The van der Waals surface area contributed by atoms with Crippen LogP contribution in [-0.4, -0.2) is 22.3 Å². The van der Waals surface area contributed by atoms with Gasteiger partial charge in [0, 0.05) is 5.92 Å². The summed E-state index contributed by atoms with van der Waals surface area (Å²) in [6.45, 7) is 0. The lowest BCUT2D eigenvalue weighted by Gasteiger charge is -2.27. The van der Waals surface area contributed by atoms with Gasteiger partial charge < -0.3 is 10.2 Å². The number of hydrogen-bond acceptors (Lipinski definition) is 2. The Balaban J connectivity index is 2.33. The van der Waals surface area contributed by atoms with Crippen LogP contribution in [0, 0.1) is 0 Å². The fraction of sp³-hybridized carbons (Fsp3) is 0.417. The molecular formula is C12H14O3. The van der Waals surface area contributed by atoms with Crippen molar-refractivity contribution in [1.29, 1.82) is 0 Å². The van der Waals surface area contributed by atoms with Crippen molar-refractivity contribution in [1.82, 2.24) is 0 Å². The zero-order chi connectivity index (χ0) is 10.8. The lowest BCUT2D eigenvalue weighted by molar-refractivity contribution is -0.148. The van der Waals surface area contributed by atoms with E-state index in [9.17, 15) is 9.90 Å². The van der Waals surface area contributed by atoms with Crippen molar-refractivity contribution in [3.8, 4) is 0 Å². The van der Waals surface area contributed by atoms with Gasteiger partial charge in [-0.25, -0.2) is 4.79 Å². The predicted molar refractivity (Wildman–Crippen MR) is 55.8 cm³/mol. The highest BCUT2D eigenvalue weighted by atomic mass is 16.4. The molecule has 0 aromatic heterocycles. The molecule has 2 rings (SSSR count). The Morgan fingerprint density at radius 2 is 2.13 bits per heavy atom. The fourth-order valence-electron chi connectivity index (χ4n) is 2.29. The van der Waals surface area contributed by atoms with E-state index in [0.717, 1.165) is 24.8 Å². The van der Waals surface area contributed by atoms with Crippen LogP contribution in [0.4, 0.5) is 0 Å². The zero-order valence-electron chi connectivity index (χ0n) is 8.39. The Bertz CT molecular complexity index is 373. The van der Waals surface area contributed by atoms with Crippen molar-refractivity contribution in [3.05, 3.63) is 35.4 Å². The second-order valence-electron chi connectivity index (χ2n) is 3.98. The summed E-state index contributed by atoms with van der Waals surface area (Å²) in [6, 6.07) is 7.78. The van der Waals surface area contributed by atoms with Crippen LogP contribution in [-0.2, 0) is 11.2 Å². The summed E-state index contributed by atoms with van der Waals surface area (Å²) in [5.74, 6) is -1.37. The van der Waals surface area contributed by atoms with Gasteiger partial charge in [0.25, 0.3) is 0 Å². The Hall–Kier alpha value is -1.35. The minimum atomic E-state index is -1.27. The summed E-state index contributed by atoms with van der Waals surface area (Å²) < 4.78 is 0. The Morgan fingerprint density at radius 3 is 2.87 bits per heavy atom.